The van der Waals surface area contributed by atoms with Crippen LogP contribution in [0.3, 0.4) is 0 Å². The van der Waals surface area contributed by atoms with Gasteiger partial charge < -0.3 is 0 Å². The number of rotatable bonds is 4. The molecule has 2 heterocycles. The summed E-state index contributed by atoms with van der Waals surface area (Å²) in [4.78, 5) is 14.8. The van der Waals surface area contributed by atoms with E-state index in [0.29, 0.717) is 17.5 Å². The normalized spacial score (nSPS) is 11.6. The van der Waals surface area contributed by atoms with Crippen LogP contribution in [0, 0.1) is 0 Å². The SMILES string of the molecule is c1ccc(-c2nc(-c3ccccc3)nc(-c3cccc(-c4ccc5c(c4)[se]c4c5ccc5ccc6ccccc6c54)c3)n2)cc1. The molecule has 4 heteroatoms. The van der Waals surface area contributed by atoms with Crippen molar-refractivity contribution in [1.29, 1.82) is 0 Å². The van der Waals surface area contributed by atoms with Crippen molar-refractivity contribution in [2.45, 2.75) is 0 Å². The molecule has 0 N–H and O–H groups in total. The average molecular weight is 639 g/mol. The standard InChI is InChI=1S/C41H25N3Se/c1-3-11-28(12-4-1)39-42-40(29-13-5-2-6-14-29)44-41(43-39)32-16-9-15-30(24-32)31-21-22-34-35-23-20-27-19-18-26-10-7-8-17-33(26)37(27)38(35)45-36(34)25-31/h1-25H. The zero-order valence-corrected chi connectivity index (χ0v) is 25.9. The van der Waals surface area contributed by atoms with Gasteiger partial charge in [-0.1, -0.05) is 12.1 Å². The van der Waals surface area contributed by atoms with E-state index in [-0.39, 0.29) is 14.5 Å². The molecule has 0 aliphatic carbocycles. The van der Waals surface area contributed by atoms with E-state index < -0.39 is 0 Å². The molecule has 9 rings (SSSR count). The Morgan fingerprint density at radius 1 is 0.356 bits per heavy atom. The second-order valence-electron chi connectivity index (χ2n) is 11.3. The van der Waals surface area contributed by atoms with Gasteiger partial charge in [-0.2, -0.15) is 0 Å². The van der Waals surface area contributed by atoms with Crippen LogP contribution in [0.2, 0.25) is 0 Å². The molecule has 0 unspecified atom stereocenters. The van der Waals surface area contributed by atoms with E-state index in [9.17, 15) is 0 Å². The molecule has 0 saturated heterocycles. The third-order valence-electron chi connectivity index (χ3n) is 8.50. The van der Waals surface area contributed by atoms with Crippen molar-refractivity contribution in [2.75, 3.05) is 0 Å². The van der Waals surface area contributed by atoms with Crippen molar-refractivity contribution in [1.82, 2.24) is 15.0 Å². The van der Waals surface area contributed by atoms with Crippen molar-refractivity contribution in [2.24, 2.45) is 0 Å². The first kappa shape index (κ1) is 26.0. The topological polar surface area (TPSA) is 38.7 Å². The van der Waals surface area contributed by atoms with Gasteiger partial charge in [-0.25, -0.2) is 0 Å². The van der Waals surface area contributed by atoms with E-state index in [0.717, 1.165) is 22.3 Å². The Hall–Kier alpha value is -5.41. The summed E-state index contributed by atoms with van der Waals surface area (Å²) in [5, 5.41) is 8.10. The molecule has 0 aliphatic rings. The van der Waals surface area contributed by atoms with E-state index in [4.69, 9.17) is 15.0 Å². The number of hydrogen-bond acceptors (Lipinski definition) is 3. The number of hydrogen-bond donors (Lipinski definition) is 0. The quantitative estimate of drug-likeness (QED) is 0.142. The summed E-state index contributed by atoms with van der Waals surface area (Å²) in [5.74, 6) is 2.01. The van der Waals surface area contributed by atoms with Crippen LogP contribution in [0.15, 0.2) is 152 Å². The maximum absolute atomic E-state index is 4.95. The number of benzene rings is 7. The first-order chi connectivity index (χ1) is 22.3. The van der Waals surface area contributed by atoms with Crippen LogP contribution in [-0.4, -0.2) is 29.5 Å². The van der Waals surface area contributed by atoms with Crippen LogP contribution < -0.4 is 0 Å². The number of fused-ring (bicyclic) bond motifs is 7. The zero-order chi connectivity index (χ0) is 29.7. The summed E-state index contributed by atoms with van der Waals surface area (Å²) in [6, 6.07) is 53.6. The van der Waals surface area contributed by atoms with Crippen LogP contribution in [0.4, 0.5) is 0 Å². The van der Waals surface area contributed by atoms with Crippen molar-refractivity contribution in [3.05, 3.63) is 152 Å². The van der Waals surface area contributed by atoms with E-state index in [2.05, 4.69) is 91.0 Å². The van der Waals surface area contributed by atoms with Gasteiger partial charge in [-0.05, 0) is 0 Å². The molecule has 0 fully saturated rings. The Kier molecular flexibility index (Phi) is 6.15. The van der Waals surface area contributed by atoms with Gasteiger partial charge in [0.05, 0.1) is 0 Å². The molecule has 0 atom stereocenters. The zero-order valence-electron chi connectivity index (χ0n) is 24.2. The Balaban J connectivity index is 1.18. The summed E-state index contributed by atoms with van der Waals surface area (Å²) in [6.07, 6.45) is 0. The van der Waals surface area contributed by atoms with Gasteiger partial charge in [0.1, 0.15) is 0 Å². The van der Waals surface area contributed by atoms with Crippen molar-refractivity contribution >= 4 is 55.3 Å². The van der Waals surface area contributed by atoms with E-state index >= 15 is 0 Å². The van der Waals surface area contributed by atoms with Crippen LogP contribution >= 0.6 is 0 Å². The van der Waals surface area contributed by atoms with E-state index in [1.807, 2.05) is 60.7 Å². The molecule has 0 spiro atoms. The molecule has 210 valence electrons. The monoisotopic (exact) mass is 639 g/mol. The molecule has 0 saturated carbocycles. The van der Waals surface area contributed by atoms with Crippen LogP contribution in [0.1, 0.15) is 0 Å². The van der Waals surface area contributed by atoms with Gasteiger partial charge in [0.25, 0.3) is 0 Å². The minimum atomic E-state index is 0.214. The van der Waals surface area contributed by atoms with Gasteiger partial charge in [0, 0.05) is 0 Å². The molecule has 45 heavy (non-hydrogen) atoms. The molecule has 7 aromatic carbocycles. The molecule has 0 radical (unpaired) electrons. The first-order valence-electron chi connectivity index (χ1n) is 15.0. The Bertz CT molecular complexity index is 2480. The van der Waals surface area contributed by atoms with Gasteiger partial charge in [-0.3, -0.25) is 0 Å². The van der Waals surface area contributed by atoms with Gasteiger partial charge >= 0.3 is 255 Å². The molecular weight excluding hydrogens is 613 g/mol. The van der Waals surface area contributed by atoms with Crippen LogP contribution in [-0.2, 0) is 0 Å². The van der Waals surface area contributed by atoms with Gasteiger partial charge in [0.2, 0.25) is 0 Å². The van der Waals surface area contributed by atoms with Crippen LogP contribution in [0.5, 0.6) is 0 Å². The van der Waals surface area contributed by atoms with Gasteiger partial charge in [-0.15, -0.1) is 0 Å². The molecular formula is C41H25N3Se. The van der Waals surface area contributed by atoms with Crippen molar-refractivity contribution in [3.8, 4) is 45.3 Å². The summed E-state index contributed by atoms with van der Waals surface area (Å²) >= 11 is 0.214. The second-order valence-corrected chi connectivity index (χ2v) is 13.5. The summed E-state index contributed by atoms with van der Waals surface area (Å²) in [7, 11) is 0. The molecule has 3 nitrogen and oxygen atoms in total. The van der Waals surface area contributed by atoms with Crippen molar-refractivity contribution in [3.63, 3.8) is 0 Å². The summed E-state index contributed by atoms with van der Waals surface area (Å²) < 4.78 is 2.92. The number of aromatic nitrogens is 3. The second kappa shape index (κ2) is 10.6. The summed E-state index contributed by atoms with van der Waals surface area (Å²) in [6.45, 7) is 0. The Morgan fingerprint density at radius 3 is 1.67 bits per heavy atom. The average Bonchev–Trinajstić information content (AvgIpc) is 3.50. The van der Waals surface area contributed by atoms with Gasteiger partial charge in [0.15, 0.2) is 0 Å². The fourth-order valence-corrected chi connectivity index (χ4v) is 9.03. The van der Waals surface area contributed by atoms with E-state index in [1.165, 1.54) is 46.4 Å². The van der Waals surface area contributed by atoms with E-state index in [1.54, 1.807) is 0 Å². The molecule has 9 aromatic rings. The third-order valence-corrected chi connectivity index (χ3v) is 11.0. The minimum absolute atomic E-state index is 0.214. The maximum atomic E-state index is 4.95. The van der Waals surface area contributed by atoms with Crippen molar-refractivity contribution < 1.29 is 0 Å². The predicted molar refractivity (Wildman–Crippen MR) is 189 cm³/mol. The Morgan fingerprint density at radius 2 is 0.911 bits per heavy atom. The predicted octanol–water partition coefficient (Wildman–Crippen LogP) is 10.2. The summed E-state index contributed by atoms with van der Waals surface area (Å²) in [5.41, 5.74) is 5.27. The molecule has 0 amide bonds. The fraction of sp³-hybridized carbons (Fsp3) is 0. The first-order valence-corrected chi connectivity index (χ1v) is 16.7. The molecule has 0 bridgehead atoms. The van der Waals surface area contributed by atoms with Crippen LogP contribution in [0.25, 0.3) is 86.1 Å². The fourth-order valence-electron chi connectivity index (χ4n) is 6.28. The Labute approximate surface area is 266 Å². The molecule has 2 aromatic heterocycles. The third kappa shape index (κ3) is 4.55. The molecule has 0 aliphatic heterocycles. The number of nitrogens with zero attached hydrogens (tertiary/aromatic N) is 3.